The number of hydrogen-bond donors (Lipinski definition) is 2. The van der Waals surface area contributed by atoms with Crippen molar-refractivity contribution in [2.75, 3.05) is 18.4 Å². The normalized spacial score (nSPS) is 19.8. The first-order valence-corrected chi connectivity index (χ1v) is 7.88. The number of nitrogens with one attached hydrogen (secondary N) is 1. The number of carboxylic acids is 1. The molecule has 1 heterocycles. The van der Waals surface area contributed by atoms with Gasteiger partial charge in [0.2, 0.25) is 5.91 Å². The summed E-state index contributed by atoms with van der Waals surface area (Å²) in [5.41, 5.74) is 0.698. The van der Waals surface area contributed by atoms with Gasteiger partial charge in [0.15, 0.2) is 0 Å². The summed E-state index contributed by atoms with van der Waals surface area (Å²) in [6, 6.07) is 6.81. The molecule has 5 nitrogen and oxygen atoms in total. The molecular formula is C15H19BrN2O3. The largest absolute Gasteiger partial charge is 0.480 e. The molecule has 1 aromatic rings. The fraction of sp³-hybridized carbons (Fsp3) is 0.467. The molecule has 0 saturated carbocycles. The first-order valence-electron chi connectivity index (χ1n) is 7.09. The summed E-state index contributed by atoms with van der Waals surface area (Å²) >= 11 is 3.38. The Bertz CT molecular complexity index is 521. The lowest BCUT2D eigenvalue weighted by atomic mass is 10.1. The molecule has 1 aliphatic heterocycles. The van der Waals surface area contributed by atoms with Crippen LogP contribution >= 0.6 is 15.9 Å². The average Bonchev–Trinajstić information content (AvgIpc) is 2.67. The maximum absolute atomic E-state index is 12.1. The molecule has 114 valence electrons. The third-order valence-corrected chi connectivity index (χ3v) is 4.33. The topological polar surface area (TPSA) is 69.6 Å². The van der Waals surface area contributed by atoms with E-state index < -0.39 is 12.0 Å². The number of aliphatic carboxylic acids is 1. The number of carboxylic acid groups (broad SMARTS) is 1. The predicted octanol–water partition coefficient (Wildman–Crippen LogP) is 2.72. The van der Waals surface area contributed by atoms with Crippen molar-refractivity contribution in [3.05, 3.63) is 28.7 Å². The van der Waals surface area contributed by atoms with E-state index in [1.54, 1.807) is 11.0 Å². The molecule has 0 aliphatic carbocycles. The van der Waals surface area contributed by atoms with Gasteiger partial charge in [0, 0.05) is 4.47 Å². The number of hydrogen-bond acceptors (Lipinski definition) is 3. The highest BCUT2D eigenvalue weighted by Gasteiger charge is 2.28. The van der Waals surface area contributed by atoms with Gasteiger partial charge in [-0.15, -0.1) is 0 Å². The SMILES string of the molecule is O=C(CN1CCCCCC1C(=O)O)Nc1ccccc1Br. The maximum atomic E-state index is 12.1. The number of para-hydroxylation sites is 1. The van der Waals surface area contributed by atoms with E-state index in [0.29, 0.717) is 18.7 Å². The van der Waals surface area contributed by atoms with E-state index in [2.05, 4.69) is 21.2 Å². The average molecular weight is 355 g/mol. The number of anilines is 1. The molecule has 1 fully saturated rings. The molecule has 1 aliphatic rings. The summed E-state index contributed by atoms with van der Waals surface area (Å²) < 4.78 is 0.809. The Balaban J connectivity index is 2.00. The van der Waals surface area contributed by atoms with Crippen molar-refractivity contribution in [1.29, 1.82) is 0 Å². The Hall–Kier alpha value is -1.40. The monoisotopic (exact) mass is 354 g/mol. The van der Waals surface area contributed by atoms with Crippen LogP contribution in [0.4, 0.5) is 5.69 Å². The highest BCUT2D eigenvalue weighted by Crippen LogP contribution is 2.22. The summed E-state index contributed by atoms with van der Waals surface area (Å²) in [6.45, 7) is 0.763. The molecule has 0 bridgehead atoms. The highest BCUT2D eigenvalue weighted by molar-refractivity contribution is 9.10. The molecule has 21 heavy (non-hydrogen) atoms. The zero-order valence-electron chi connectivity index (χ0n) is 11.7. The lowest BCUT2D eigenvalue weighted by Gasteiger charge is -2.25. The van der Waals surface area contributed by atoms with Gasteiger partial charge < -0.3 is 10.4 Å². The highest BCUT2D eigenvalue weighted by atomic mass is 79.9. The summed E-state index contributed by atoms with van der Waals surface area (Å²) in [5, 5.41) is 12.1. The molecule has 2 rings (SSSR count). The van der Waals surface area contributed by atoms with E-state index in [9.17, 15) is 14.7 Å². The number of halogens is 1. The van der Waals surface area contributed by atoms with E-state index in [-0.39, 0.29) is 12.5 Å². The number of rotatable bonds is 4. The molecule has 0 spiro atoms. The molecule has 1 saturated heterocycles. The summed E-state index contributed by atoms with van der Waals surface area (Å²) in [7, 11) is 0. The van der Waals surface area contributed by atoms with Gasteiger partial charge in [0.05, 0.1) is 12.2 Å². The van der Waals surface area contributed by atoms with Crippen molar-refractivity contribution in [3.8, 4) is 0 Å². The number of benzene rings is 1. The number of amides is 1. The van der Waals surface area contributed by atoms with Gasteiger partial charge in [-0.25, -0.2) is 0 Å². The Labute approximate surface area is 132 Å². The van der Waals surface area contributed by atoms with Gasteiger partial charge in [-0.3, -0.25) is 14.5 Å². The molecule has 1 atom stereocenters. The van der Waals surface area contributed by atoms with E-state index in [1.807, 2.05) is 18.2 Å². The lowest BCUT2D eigenvalue weighted by molar-refractivity contribution is -0.143. The minimum Gasteiger partial charge on any atom is -0.480 e. The van der Waals surface area contributed by atoms with Crippen LogP contribution in [-0.4, -0.2) is 41.0 Å². The van der Waals surface area contributed by atoms with Gasteiger partial charge in [-0.1, -0.05) is 25.0 Å². The third-order valence-electron chi connectivity index (χ3n) is 3.64. The molecule has 0 radical (unpaired) electrons. The van der Waals surface area contributed by atoms with Crippen LogP contribution in [0, 0.1) is 0 Å². The molecule has 1 aromatic carbocycles. The zero-order valence-corrected chi connectivity index (χ0v) is 13.3. The van der Waals surface area contributed by atoms with Crippen LogP contribution in [0.2, 0.25) is 0 Å². The van der Waals surface area contributed by atoms with Crippen LogP contribution in [-0.2, 0) is 9.59 Å². The van der Waals surface area contributed by atoms with Gasteiger partial charge in [0.25, 0.3) is 0 Å². The Morgan fingerprint density at radius 2 is 2.05 bits per heavy atom. The van der Waals surface area contributed by atoms with Gasteiger partial charge >= 0.3 is 5.97 Å². The Morgan fingerprint density at radius 1 is 1.29 bits per heavy atom. The van der Waals surface area contributed by atoms with E-state index in [4.69, 9.17) is 0 Å². The zero-order chi connectivity index (χ0) is 15.2. The first-order chi connectivity index (χ1) is 10.1. The second-order valence-corrected chi connectivity index (χ2v) is 6.06. The van der Waals surface area contributed by atoms with Gasteiger partial charge in [-0.05, 0) is 47.4 Å². The maximum Gasteiger partial charge on any atom is 0.320 e. The minimum absolute atomic E-state index is 0.109. The molecular weight excluding hydrogens is 336 g/mol. The molecule has 1 amide bonds. The molecule has 1 unspecified atom stereocenters. The van der Waals surface area contributed by atoms with Crippen LogP contribution in [0.25, 0.3) is 0 Å². The molecule has 2 N–H and O–H groups in total. The standard InChI is InChI=1S/C15H19BrN2O3/c16-11-6-3-4-7-12(11)17-14(19)10-18-9-5-1-2-8-13(18)15(20)21/h3-4,6-7,13H,1-2,5,8-10H2,(H,17,19)(H,20,21). The van der Waals surface area contributed by atoms with E-state index in [0.717, 1.165) is 23.7 Å². The van der Waals surface area contributed by atoms with Crippen molar-refractivity contribution < 1.29 is 14.7 Å². The predicted molar refractivity (Wildman–Crippen MR) is 84.2 cm³/mol. The smallest absolute Gasteiger partial charge is 0.320 e. The van der Waals surface area contributed by atoms with Crippen molar-refractivity contribution in [2.45, 2.75) is 31.7 Å². The summed E-state index contributed by atoms with van der Waals surface area (Å²) in [5.74, 6) is -1.03. The lowest BCUT2D eigenvalue weighted by Crippen LogP contribution is -2.44. The Kier molecular flexibility index (Phi) is 5.76. The van der Waals surface area contributed by atoms with Gasteiger partial charge in [-0.2, -0.15) is 0 Å². The van der Waals surface area contributed by atoms with Crippen LogP contribution in [0.15, 0.2) is 28.7 Å². The van der Waals surface area contributed by atoms with Crippen molar-refractivity contribution >= 4 is 33.5 Å². The first kappa shape index (κ1) is 16.0. The molecule has 0 aromatic heterocycles. The van der Waals surface area contributed by atoms with Crippen LogP contribution in [0.3, 0.4) is 0 Å². The number of carbonyl (C=O) groups excluding carboxylic acids is 1. The Morgan fingerprint density at radius 3 is 2.76 bits per heavy atom. The third kappa shape index (κ3) is 4.54. The van der Waals surface area contributed by atoms with E-state index in [1.165, 1.54) is 0 Å². The summed E-state index contributed by atoms with van der Waals surface area (Å²) in [4.78, 5) is 25.2. The quantitative estimate of drug-likeness (QED) is 0.871. The van der Waals surface area contributed by atoms with Crippen molar-refractivity contribution in [1.82, 2.24) is 4.90 Å². The van der Waals surface area contributed by atoms with E-state index >= 15 is 0 Å². The fourth-order valence-electron chi connectivity index (χ4n) is 2.57. The second kappa shape index (κ2) is 7.56. The number of likely N-dealkylation sites (tertiary alicyclic amines) is 1. The van der Waals surface area contributed by atoms with Crippen molar-refractivity contribution in [3.63, 3.8) is 0 Å². The van der Waals surface area contributed by atoms with Crippen molar-refractivity contribution in [2.24, 2.45) is 0 Å². The van der Waals surface area contributed by atoms with Crippen LogP contribution < -0.4 is 5.32 Å². The van der Waals surface area contributed by atoms with Crippen LogP contribution in [0.5, 0.6) is 0 Å². The van der Waals surface area contributed by atoms with Crippen LogP contribution in [0.1, 0.15) is 25.7 Å². The minimum atomic E-state index is -0.842. The summed E-state index contributed by atoms with van der Waals surface area (Å²) in [6.07, 6.45) is 3.47. The second-order valence-electron chi connectivity index (χ2n) is 5.20. The molecule has 6 heteroatoms. The van der Waals surface area contributed by atoms with Gasteiger partial charge in [0.1, 0.15) is 6.04 Å². The number of carbonyl (C=O) groups is 2. The number of nitrogens with zero attached hydrogens (tertiary/aromatic N) is 1. The fourth-order valence-corrected chi connectivity index (χ4v) is 2.96.